The number of piperazine rings is 1. The number of pyridine rings is 1. The first-order valence-electron chi connectivity index (χ1n) is 7.50. The van der Waals surface area contributed by atoms with Crippen LogP contribution in [0, 0.1) is 5.82 Å². The molecule has 0 atom stereocenters. The summed E-state index contributed by atoms with van der Waals surface area (Å²) in [5.41, 5.74) is 2.80. The molecule has 2 N–H and O–H groups in total. The Morgan fingerprint density at radius 1 is 1.09 bits per heavy atom. The first-order valence-corrected chi connectivity index (χ1v) is 7.50. The summed E-state index contributed by atoms with van der Waals surface area (Å²) in [6.45, 7) is 3.84. The van der Waals surface area contributed by atoms with Crippen LogP contribution in [0.15, 0.2) is 42.6 Å². The summed E-state index contributed by atoms with van der Waals surface area (Å²) in [4.78, 5) is 10.2. The van der Waals surface area contributed by atoms with Crippen molar-refractivity contribution in [2.24, 2.45) is 0 Å². The second-order valence-electron chi connectivity index (χ2n) is 5.53. The summed E-state index contributed by atoms with van der Waals surface area (Å²) in [6, 6.07) is 10.7. The third-order valence-corrected chi connectivity index (χ3v) is 4.08. The second kappa shape index (κ2) is 5.42. The highest BCUT2D eigenvalue weighted by molar-refractivity contribution is 5.94. The third kappa shape index (κ3) is 2.33. The molecule has 5 heteroatoms. The second-order valence-corrected chi connectivity index (χ2v) is 5.53. The summed E-state index contributed by atoms with van der Waals surface area (Å²) >= 11 is 0. The average molecular weight is 296 g/mol. The molecule has 1 fully saturated rings. The van der Waals surface area contributed by atoms with Gasteiger partial charge in [0, 0.05) is 49.0 Å². The minimum atomic E-state index is -0.225. The van der Waals surface area contributed by atoms with E-state index < -0.39 is 0 Å². The quantitative estimate of drug-likeness (QED) is 0.764. The molecule has 0 radical (unpaired) electrons. The van der Waals surface area contributed by atoms with E-state index in [0.29, 0.717) is 0 Å². The van der Waals surface area contributed by atoms with Crippen molar-refractivity contribution >= 4 is 16.7 Å². The lowest BCUT2D eigenvalue weighted by atomic mass is 10.1. The number of fused-ring (bicyclic) bond motifs is 1. The van der Waals surface area contributed by atoms with Gasteiger partial charge in [-0.15, -0.1) is 0 Å². The maximum absolute atomic E-state index is 13.4. The molecule has 1 aliphatic rings. The highest BCUT2D eigenvalue weighted by Crippen LogP contribution is 2.30. The van der Waals surface area contributed by atoms with Crippen molar-refractivity contribution in [1.82, 2.24) is 15.3 Å². The molecule has 0 aliphatic carbocycles. The SMILES string of the molecule is Fc1cccc(-c2cc3c(N4CCNCC4)nccc3[nH]2)c1. The summed E-state index contributed by atoms with van der Waals surface area (Å²) in [6.07, 6.45) is 1.82. The molecule has 0 amide bonds. The Hall–Kier alpha value is -2.40. The number of aromatic amines is 1. The molecule has 22 heavy (non-hydrogen) atoms. The predicted octanol–water partition coefficient (Wildman–Crippen LogP) is 2.78. The summed E-state index contributed by atoms with van der Waals surface area (Å²) in [7, 11) is 0. The molecule has 112 valence electrons. The minimum absolute atomic E-state index is 0.225. The Kier molecular flexibility index (Phi) is 3.27. The van der Waals surface area contributed by atoms with Crippen LogP contribution < -0.4 is 10.2 Å². The standard InChI is InChI=1S/C17H17FN4/c18-13-3-1-2-12(10-13)16-11-14-15(21-16)4-5-20-17(14)22-8-6-19-7-9-22/h1-5,10-11,19,21H,6-9H2. The minimum Gasteiger partial charge on any atom is -0.354 e. The van der Waals surface area contributed by atoms with Gasteiger partial charge in [-0.25, -0.2) is 9.37 Å². The molecule has 3 aromatic rings. The highest BCUT2D eigenvalue weighted by atomic mass is 19.1. The first-order chi connectivity index (χ1) is 10.8. The van der Waals surface area contributed by atoms with E-state index in [-0.39, 0.29) is 5.82 Å². The normalized spacial score (nSPS) is 15.4. The van der Waals surface area contributed by atoms with Gasteiger partial charge in [0.25, 0.3) is 0 Å². The molecule has 3 heterocycles. The van der Waals surface area contributed by atoms with Crippen LogP contribution in [0.2, 0.25) is 0 Å². The number of aromatic nitrogens is 2. The number of benzene rings is 1. The number of H-pyrrole nitrogens is 1. The smallest absolute Gasteiger partial charge is 0.138 e. The van der Waals surface area contributed by atoms with Gasteiger partial charge in [-0.2, -0.15) is 0 Å². The fraction of sp³-hybridized carbons (Fsp3) is 0.235. The lowest BCUT2D eigenvalue weighted by Gasteiger charge is -2.28. The van der Waals surface area contributed by atoms with Gasteiger partial charge in [0.1, 0.15) is 11.6 Å². The predicted molar refractivity (Wildman–Crippen MR) is 86.6 cm³/mol. The maximum atomic E-state index is 13.4. The molecule has 0 bridgehead atoms. The van der Waals surface area contributed by atoms with E-state index in [1.165, 1.54) is 6.07 Å². The van der Waals surface area contributed by atoms with E-state index in [2.05, 4.69) is 26.3 Å². The average Bonchev–Trinajstić information content (AvgIpc) is 3.00. The number of halogens is 1. The van der Waals surface area contributed by atoms with Crippen molar-refractivity contribution in [3.8, 4) is 11.3 Å². The zero-order chi connectivity index (χ0) is 14.9. The number of hydrogen-bond donors (Lipinski definition) is 2. The zero-order valence-electron chi connectivity index (χ0n) is 12.1. The summed E-state index contributed by atoms with van der Waals surface area (Å²) < 4.78 is 13.4. The van der Waals surface area contributed by atoms with Gasteiger partial charge in [-0.05, 0) is 24.3 Å². The van der Waals surface area contributed by atoms with Gasteiger partial charge in [0.05, 0.1) is 5.52 Å². The van der Waals surface area contributed by atoms with E-state index in [1.54, 1.807) is 12.1 Å². The van der Waals surface area contributed by atoms with Crippen molar-refractivity contribution in [2.45, 2.75) is 0 Å². The van der Waals surface area contributed by atoms with Crippen molar-refractivity contribution in [3.63, 3.8) is 0 Å². The molecular formula is C17H17FN4. The van der Waals surface area contributed by atoms with Gasteiger partial charge >= 0.3 is 0 Å². The van der Waals surface area contributed by atoms with Crippen molar-refractivity contribution in [1.29, 1.82) is 0 Å². The highest BCUT2D eigenvalue weighted by Gasteiger charge is 2.16. The number of nitrogens with zero attached hydrogens (tertiary/aromatic N) is 2. The molecule has 0 unspecified atom stereocenters. The molecule has 0 spiro atoms. The molecule has 1 aliphatic heterocycles. The Balaban J connectivity index is 1.80. The molecule has 1 saturated heterocycles. The topological polar surface area (TPSA) is 44.0 Å². The lowest BCUT2D eigenvalue weighted by Crippen LogP contribution is -2.43. The Morgan fingerprint density at radius 2 is 1.95 bits per heavy atom. The van der Waals surface area contributed by atoms with Gasteiger partial charge < -0.3 is 15.2 Å². The van der Waals surface area contributed by atoms with E-state index in [1.807, 2.05) is 18.3 Å². The van der Waals surface area contributed by atoms with E-state index in [0.717, 1.165) is 54.2 Å². The number of hydrogen-bond acceptors (Lipinski definition) is 3. The molecule has 2 aromatic heterocycles. The molecular weight excluding hydrogens is 279 g/mol. The fourth-order valence-corrected chi connectivity index (χ4v) is 2.98. The summed E-state index contributed by atoms with van der Waals surface area (Å²) in [5, 5.41) is 4.44. The number of nitrogens with one attached hydrogen (secondary N) is 2. The van der Waals surface area contributed by atoms with Crippen LogP contribution >= 0.6 is 0 Å². The van der Waals surface area contributed by atoms with Gasteiger partial charge in [-0.1, -0.05) is 12.1 Å². The van der Waals surface area contributed by atoms with E-state index >= 15 is 0 Å². The lowest BCUT2D eigenvalue weighted by molar-refractivity contribution is 0.586. The summed E-state index contributed by atoms with van der Waals surface area (Å²) in [5.74, 6) is 0.773. The third-order valence-electron chi connectivity index (χ3n) is 4.08. The Bertz CT molecular complexity index is 805. The van der Waals surface area contributed by atoms with Crippen LogP contribution in [0.25, 0.3) is 22.2 Å². The zero-order valence-corrected chi connectivity index (χ0v) is 12.1. The number of anilines is 1. The van der Waals surface area contributed by atoms with E-state index in [9.17, 15) is 4.39 Å². The van der Waals surface area contributed by atoms with Crippen LogP contribution in [-0.4, -0.2) is 36.1 Å². The molecule has 0 saturated carbocycles. The van der Waals surface area contributed by atoms with Crippen LogP contribution in [-0.2, 0) is 0 Å². The molecule has 4 rings (SSSR count). The first kappa shape index (κ1) is 13.3. The molecule has 1 aromatic carbocycles. The van der Waals surface area contributed by atoms with Crippen LogP contribution in [0.4, 0.5) is 10.2 Å². The maximum Gasteiger partial charge on any atom is 0.138 e. The largest absolute Gasteiger partial charge is 0.354 e. The Labute approximate surface area is 128 Å². The monoisotopic (exact) mass is 296 g/mol. The Morgan fingerprint density at radius 3 is 2.77 bits per heavy atom. The van der Waals surface area contributed by atoms with E-state index in [4.69, 9.17) is 0 Å². The number of rotatable bonds is 2. The van der Waals surface area contributed by atoms with Crippen LogP contribution in [0.3, 0.4) is 0 Å². The van der Waals surface area contributed by atoms with Crippen molar-refractivity contribution < 1.29 is 4.39 Å². The van der Waals surface area contributed by atoms with Gasteiger partial charge in [-0.3, -0.25) is 0 Å². The van der Waals surface area contributed by atoms with Gasteiger partial charge in [0.2, 0.25) is 0 Å². The van der Waals surface area contributed by atoms with Crippen molar-refractivity contribution in [2.75, 3.05) is 31.1 Å². The van der Waals surface area contributed by atoms with Crippen LogP contribution in [0.5, 0.6) is 0 Å². The molecule has 4 nitrogen and oxygen atoms in total. The van der Waals surface area contributed by atoms with Crippen LogP contribution in [0.1, 0.15) is 0 Å². The fourth-order valence-electron chi connectivity index (χ4n) is 2.98. The van der Waals surface area contributed by atoms with Crippen molar-refractivity contribution in [3.05, 3.63) is 48.4 Å². The van der Waals surface area contributed by atoms with Gasteiger partial charge in [0.15, 0.2) is 0 Å².